The van der Waals surface area contributed by atoms with Crippen LogP contribution in [0.5, 0.6) is 0 Å². The lowest BCUT2D eigenvalue weighted by Gasteiger charge is -2.30. The zero-order valence-corrected chi connectivity index (χ0v) is 13.1. The van der Waals surface area contributed by atoms with Crippen molar-refractivity contribution in [2.45, 2.75) is 44.8 Å². The van der Waals surface area contributed by atoms with Gasteiger partial charge in [-0.05, 0) is 41.3 Å². The average Bonchev–Trinajstić information content (AvgIpc) is 2.42. The highest BCUT2D eigenvalue weighted by atomic mass is 79.9. The Morgan fingerprint density at radius 2 is 2.35 bits per heavy atom. The lowest BCUT2D eigenvalue weighted by molar-refractivity contribution is -0.384. The number of halogens is 1. The average molecular weight is 343 g/mol. The minimum atomic E-state index is -0.374. The molecule has 20 heavy (non-hydrogen) atoms. The zero-order chi connectivity index (χ0) is 14.5. The van der Waals surface area contributed by atoms with E-state index in [1.165, 1.54) is 6.07 Å². The van der Waals surface area contributed by atoms with E-state index in [-0.39, 0.29) is 10.6 Å². The Kier molecular flexibility index (Phi) is 5.37. The van der Waals surface area contributed by atoms with Crippen LogP contribution in [0.15, 0.2) is 22.7 Å². The van der Waals surface area contributed by atoms with Crippen LogP contribution in [0, 0.1) is 10.1 Å². The van der Waals surface area contributed by atoms with Crippen molar-refractivity contribution in [1.82, 2.24) is 0 Å². The molecule has 0 saturated carbocycles. The maximum atomic E-state index is 10.8. The van der Waals surface area contributed by atoms with E-state index in [4.69, 9.17) is 4.74 Å². The Morgan fingerprint density at radius 1 is 1.55 bits per heavy atom. The highest BCUT2D eigenvalue weighted by Crippen LogP contribution is 2.30. The Hall–Kier alpha value is -1.14. The minimum Gasteiger partial charge on any atom is -0.381 e. The van der Waals surface area contributed by atoms with Crippen molar-refractivity contribution in [2.75, 3.05) is 11.9 Å². The molecule has 5 nitrogen and oxygen atoms in total. The summed E-state index contributed by atoms with van der Waals surface area (Å²) in [6.45, 7) is 2.90. The topological polar surface area (TPSA) is 64.4 Å². The minimum absolute atomic E-state index is 0.105. The van der Waals surface area contributed by atoms with E-state index in [1.54, 1.807) is 12.1 Å². The molecule has 1 saturated heterocycles. The van der Waals surface area contributed by atoms with Gasteiger partial charge >= 0.3 is 0 Å². The van der Waals surface area contributed by atoms with E-state index in [2.05, 4.69) is 28.2 Å². The molecule has 0 spiro atoms. The van der Waals surface area contributed by atoms with Gasteiger partial charge in [0.25, 0.3) is 5.69 Å². The Morgan fingerprint density at radius 3 is 3.05 bits per heavy atom. The Balaban J connectivity index is 2.05. The van der Waals surface area contributed by atoms with Crippen LogP contribution in [0.25, 0.3) is 0 Å². The fraction of sp³-hybridized carbons (Fsp3) is 0.571. The predicted molar refractivity (Wildman–Crippen MR) is 82.1 cm³/mol. The molecule has 0 amide bonds. The standard InChI is InChI=1S/C14H19BrN2O3/c1-2-3-12-8-10(6-7-20-12)16-14-9-11(17(18)19)4-5-13(14)15/h4-5,9-10,12,16H,2-3,6-8H2,1H3. The van der Waals surface area contributed by atoms with Gasteiger partial charge in [-0.15, -0.1) is 0 Å². The molecule has 1 aliphatic heterocycles. The number of benzene rings is 1. The van der Waals surface area contributed by atoms with Gasteiger partial charge in [0.1, 0.15) is 0 Å². The molecule has 6 heteroatoms. The highest BCUT2D eigenvalue weighted by Gasteiger charge is 2.22. The second-order valence-electron chi connectivity index (χ2n) is 5.07. The van der Waals surface area contributed by atoms with E-state index < -0.39 is 0 Å². The quantitative estimate of drug-likeness (QED) is 0.645. The molecule has 2 rings (SSSR count). The molecule has 0 aliphatic carbocycles. The predicted octanol–water partition coefficient (Wildman–Crippen LogP) is 4.12. The molecule has 110 valence electrons. The number of nitrogens with one attached hydrogen (secondary N) is 1. The van der Waals surface area contributed by atoms with Crippen molar-refractivity contribution in [3.8, 4) is 0 Å². The normalized spacial score (nSPS) is 22.5. The molecule has 0 bridgehead atoms. The molecular weight excluding hydrogens is 324 g/mol. The van der Waals surface area contributed by atoms with E-state index in [9.17, 15) is 10.1 Å². The van der Waals surface area contributed by atoms with Crippen LogP contribution in [0.4, 0.5) is 11.4 Å². The van der Waals surface area contributed by atoms with E-state index in [0.29, 0.717) is 12.1 Å². The van der Waals surface area contributed by atoms with Crippen molar-refractivity contribution in [3.05, 3.63) is 32.8 Å². The smallest absolute Gasteiger partial charge is 0.271 e. The first-order chi connectivity index (χ1) is 9.60. The second-order valence-corrected chi connectivity index (χ2v) is 5.92. The van der Waals surface area contributed by atoms with E-state index in [1.807, 2.05) is 0 Å². The molecule has 1 fully saturated rings. The lowest BCUT2D eigenvalue weighted by atomic mass is 10.00. The van der Waals surface area contributed by atoms with Gasteiger partial charge in [-0.2, -0.15) is 0 Å². The molecule has 0 aromatic heterocycles. The lowest BCUT2D eigenvalue weighted by Crippen LogP contribution is -2.34. The third-order valence-corrected chi connectivity index (χ3v) is 4.19. The first kappa shape index (κ1) is 15.3. The van der Waals surface area contributed by atoms with Gasteiger partial charge in [0.05, 0.1) is 16.7 Å². The number of nitrogens with zero attached hydrogens (tertiary/aromatic N) is 1. The first-order valence-electron chi connectivity index (χ1n) is 6.92. The van der Waals surface area contributed by atoms with Gasteiger partial charge in [-0.1, -0.05) is 13.3 Å². The Bertz CT molecular complexity index is 479. The fourth-order valence-electron chi connectivity index (χ4n) is 2.49. The number of hydrogen-bond donors (Lipinski definition) is 1. The molecule has 2 atom stereocenters. The summed E-state index contributed by atoms with van der Waals surface area (Å²) in [6.07, 6.45) is 4.34. The molecule has 1 heterocycles. The van der Waals surface area contributed by atoms with Crippen molar-refractivity contribution >= 4 is 27.3 Å². The largest absolute Gasteiger partial charge is 0.381 e. The molecule has 1 N–H and O–H groups in total. The summed E-state index contributed by atoms with van der Waals surface area (Å²) in [6, 6.07) is 5.09. The third-order valence-electron chi connectivity index (χ3n) is 3.50. The van der Waals surface area contributed by atoms with Gasteiger partial charge in [0, 0.05) is 29.3 Å². The van der Waals surface area contributed by atoms with Crippen molar-refractivity contribution in [3.63, 3.8) is 0 Å². The maximum absolute atomic E-state index is 10.8. The van der Waals surface area contributed by atoms with Crippen molar-refractivity contribution < 1.29 is 9.66 Å². The van der Waals surface area contributed by atoms with Crippen LogP contribution < -0.4 is 5.32 Å². The number of nitro groups is 1. The van der Waals surface area contributed by atoms with E-state index in [0.717, 1.165) is 42.5 Å². The summed E-state index contributed by atoms with van der Waals surface area (Å²) in [5, 5.41) is 14.2. The SMILES string of the molecule is CCCC1CC(Nc2cc([N+](=O)[O-])ccc2Br)CCO1. The summed E-state index contributed by atoms with van der Waals surface area (Å²) in [7, 11) is 0. The number of ether oxygens (including phenoxy) is 1. The van der Waals surface area contributed by atoms with Gasteiger partial charge in [-0.3, -0.25) is 10.1 Å². The molecule has 0 radical (unpaired) electrons. The van der Waals surface area contributed by atoms with Crippen LogP contribution in [-0.2, 0) is 4.74 Å². The molecule has 1 aliphatic rings. The molecule has 1 aromatic rings. The van der Waals surface area contributed by atoms with Gasteiger partial charge < -0.3 is 10.1 Å². The van der Waals surface area contributed by atoms with Gasteiger partial charge in [0.2, 0.25) is 0 Å². The van der Waals surface area contributed by atoms with Crippen molar-refractivity contribution in [2.24, 2.45) is 0 Å². The third kappa shape index (κ3) is 3.93. The number of non-ortho nitro benzene ring substituents is 1. The summed E-state index contributed by atoms with van der Waals surface area (Å²) < 4.78 is 6.57. The zero-order valence-electron chi connectivity index (χ0n) is 11.5. The van der Waals surface area contributed by atoms with Crippen LogP contribution in [0.2, 0.25) is 0 Å². The highest BCUT2D eigenvalue weighted by molar-refractivity contribution is 9.10. The second kappa shape index (κ2) is 7.04. The monoisotopic (exact) mass is 342 g/mol. The molecular formula is C14H19BrN2O3. The first-order valence-corrected chi connectivity index (χ1v) is 7.71. The van der Waals surface area contributed by atoms with Crippen LogP contribution in [-0.4, -0.2) is 23.7 Å². The molecule has 1 aromatic carbocycles. The summed E-state index contributed by atoms with van der Waals surface area (Å²) in [4.78, 5) is 10.5. The Labute approximate surface area is 127 Å². The van der Waals surface area contributed by atoms with E-state index >= 15 is 0 Å². The number of hydrogen-bond acceptors (Lipinski definition) is 4. The molecule has 2 unspecified atom stereocenters. The number of nitro benzene ring substituents is 1. The van der Waals surface area contributed by atoms with Crippen LogP contribution in [0.3, 0.4) is 0 Å². The van der Waals surface area contributed by atoms with Crippen LogP contribution >= 0.6 is 15.9 Å². The summed E-state index contributed by atoms with van der Waals surface area (Å²) in [5.41, 5.74) is 0.884. The number of anilines is 1. The number of rotatable bonds is 5. The fourth-order valence-corrected chi connectivity index (χ4v) is 2.85. The van der Waals surface area contributed by atoms with Crippen molar-refractivity contribution in [1.29, 1.82) is 0 Å². The maximum Gasteiger partial charge on any atom is 0.271 e. The summed E-state index contributed by atoms with van der Waals surface area (Å²) in [5.74, 6) is 0. The van der Waals surface area contributed by atoms with Crippen LogP contribution in [0.1, 0.15) is 32.6 Å². The summed E-state index contributed by atoms with van der Waals surface area (Å²) >= 11 is 3.44. The van der Waals surface area contributed by atoms with Gasteiger partial charge in [-0.25, -0.2) is 0 Å². The van der Waals surface area contributed by atoms with Gasteiger partial charge in [0.15, 0.2) is 0 Å².